The molecule has 0 bridgehead atoms. The number of ketones is 1. The topological polar surface area (TPSA) is 345 Å². The van der Waals surface area contributed by atoms with E-state index in [1.54, 1.807) is 0 Å². The number of hydrogen-bond donors (Lipinski definition) is 4. The summed E-state index contributed by atoms with van der Waals surface area (Å²) in [7, 11) is -10.9. The second-order valence-corrected chi connectivity index (χ2v) is 13.0. The maximum atomic E-state index is 13.7. The van der Waals surface area contributed by atoms with E-state index in [1.165, 1.54) is 12.1 Å². The fourth-order valence-electron chi connectivity index (χ4n) is 4.45. The minimum absolute atomic E-state index is 0. The van der Waals surface area contributed by atoms with E-state index in [0.717, 1.165) is 42.5 Å². The van der Waals surface area contributed by atoms with Crippen molar-refractivity contribution in [2.24, 2.45) is 15.3 Å². The largest absolute Gasteiger partial charge is 1.00 e. The molecule has 0 fully saturated rings. The molecule has 0 saturated carbocycles. The van der Waals surface area contributed by atoms with Gasteiger partial charge in [0.25, 0.3) is 11.4 Å². The number of phenolic OH excluding ortho intramolecular Hbond substituents is 1. The van der Waals surface area contributed by atoms with E-state index in [9.17, 15) is 65.7 Å². The Balaban J connectivity index is 0.00000392. The summed E-state index contributed by atoms with van der Waals surface area (Å²) in [4.78, 5) is 57.4. The quantitative estimate of drug-likeness (QED) is 0.0381. The van der Waals surface area contributed by atoms with Crippen molar-refractivity contribution in [1.29, 1.82) is 0 Å². The van der Waals surface area contributed by atoms with Crippen LogP contribution in [0.1, 0.15) is 15.9 Å². The van der Waals surface area contributed by atoms with E-state index in [0.29, 0.717) is 18.2 Å². The number of anilines is 3. The number of phenols is 1. The Morgan fingerprint density at radius 3 is 1.89 bits per heavy atom. The van der Waals surface area contributed by atoms with Gasteiger partial charge in [-0.25, -0.2) is 16.8 Å². The van der Waals surface area contributed by atoms with E-state index in [2.05, 4.69) is 31.6 Å². The number of rotatable bonds is 10. The Morgan fingerprint density at radius 2 is 1.30 bits per heavy atom. The van der Waals surface area contributed by atoms with Gasteiger partial charge in [0.15, 0.2) is 5.36 Å². The maximum absolute atomic E-state index is 13.7. The van der Waals surface area contributed by atoms with Gasteiger partial charge in [-0.05, 0) is 54.1 Å². The molecule has 0 spiro atoms. The van der Waals surface area contributed by atoms with E-state index in [1.807, 2.05) is 0 Å². The Kier molecular flexibility index (Phi) is 13.6. The number of carbonyl (C=O) groups is 1. The van der Waals surface area contributed by atoms with Crippen molar-refractivity contribution in [1.82, 2.24) is 0 Å². The minimum Gasteiger partial charge on any atom is -0.744 e. The van der Waals surface area contributed by atoms with Gasteiger partial charge in [-0.2, -0.15) is 15.3 Å². The number of fused-ring (bicyclic) bond motifs is 1. The van der Waals surface area contributed by atoms with Crippen molar-refractivity contribution in [3.63, 3.8) is 0 Å². The van der Waals surface area contributed by atoms with Crippen molar-refractivity contribution >= 4 is 66.2 Å². The number of nitrogens with zero attached hydrogens (tertiary/aromatic N) is 5. The Hall–Kier alpha value is -5.02. The van der Waals surface area contributed by atoms with Gasteiger partial charge in [-0.3, -0.25) is 50.9 Å². The third-order valence-electron chi connectivity index (χ3n) is 6.89. The number of carbonyl (C=O) groups excluding carboxylic acids is 1. The molecule has 1 aliphatic rings. The number of nitrogens with one attached hydrogen (secondary N) is 3. The standard InChI is InChI=1S/C28H18N8O14S2.2Na/c37-21-7-5-16(36(43)44)11-19(21)31-34-26-23(52(48,49)50)10-13-9-17(51(45,46)47)12-20(24(13)28(26)40)32-30-18-6-8-22(38)25(27(18)39)33-29-14-1-3-15(4-2-14)35(41)42;;/h1-12,29,31-32,37H,(H,45,46,47)(H,48,49,50);;/q;2*+1/p-2/b30-18-,33-25+,34-26+;;. The van der Waals surface area contributed by atoms with Crippen LogP contribution in [-0.4, -0.2) is 52.4 Å². The fraction of sp³-hybridized carbons (Fsp3) is 0. The van der Waals surface area contributed by atoms with Crippen LogP contribution in [0.15, 0.2) is 101 Å². The van der Waals surface area contributed by atoms with Gasteiger partial charge in [0.2, 0.25) is 16.6 Å². The predicted octanol–water partition coefficient (Wildman–Crippen LogP) is -5.88. The number of Topliss-reactive ketones (excluding diaryl/α,β-unsaturated/α-hetero) is 1. The molecular weight excluding hydrogens is 782 g/mol. The van der Waals surface area contributed by atoms with E-state index in [4.69, 9.17) is 0 Å². The van der Waals surface area contributed by atoms with E-state index in [-0.39, 0.29) is 70.5 Å². The van der Waals surface area contributed by atoms with Crippen molar-refractivity contribution < 1.29 is 105 Å². The number of hydrogen-bond acceptors (Lipinski definition) is 20. The van der Waals surface area contributed by atoms with Gasteiger partial charge in [0, 0.05) is 24.3 Å². The molecule has 4 aromatic carbocycles. The zero-order valence-corrected chi connectivity index (χ0v) is 32.9. The molecule has 266 valence electrons. The van der Waals surface area contributed by atoms with Crippen molar-refractivity contribution in [3.05, 3.63) is 134 Å². The van der Waals surface area contributed by atoms with Crippen LogP contribution in [0.3, 0.4) is 0 Å². The summed E-state index contributed by atoms with van der Waals surface area (Å²) in [5.41, 5.74) is 0.444. The van der Waals surface area contributed by atoms with E-state index < -0.39 is 107 Å². The number of aromatic hydroxyl groups is 1. The summed E-state index contributed by atoms with van der Waals surface area (Å²) in [6, 6.07) is 10.2. The molecule has 1 aliphatic carbocycles. The second kappa shape index (κ2) is 17.0. The molecule has 0 aliphatic heterocycles. The van der Waals surface area contributed by atoms with Crippen LogP contribution in [-0.2, 0) is 20.2 Å². The zero-order valence-electron chi connectivity index (χ0n) is 27.2. The van der Waals surface area contributed by atoms with Crippen LogP contribution in [0, 0.1) is 20.2 Å². The van der Waals surface area contributed by atoms with Gasteiger partial charge in [-0.1, -0.05) is 0 Å². The number of nitro benzene ring substituents is 2. The Morgan fingerprint density at radius 1 is 0.685 bits per heavy atom. The smallest absolute Gasteiger partial charge is 0.744 e. The summed E-state index contributed by atoms with van der Waals surface area (Å²) in [6.07, 6.45) is 0.513. The normalized spacial score (nSPS) is 13.9. The molecule has 0 radical (unpaired) electrons. The van der Waals surface area contributed by atoms with Gasteiger partial charge in [0.05, 0.1) is 36.6 Å². The third kappa shape index (κ3) is 9.55. The molecule has 26 heteroatoms. The molecule has 0 saturated heterocycles. The molecule has 54 heavy (non-hydrogen) atoms. The molecule has 0 amide bonds. The predicted molar refractivity (Wildman–Crippen MR) is 175 cm³/mol. The molecule has 5 rings (SSSR count). The molecule has 22 nitrogen and oxygen atoms in total. The van der Waals surface area contributed by atoms with Gasteiger partial charge in [-0.15, -0.1) is 0 Å². The van der Waals surface area contributed by atoms with E-state index >= 15 is 0 Å². The number of allylic oxidation sites excluding steroid dienone is 1. The molecule has 4 aromatic rings. The average molecular weight is 799 g/mol. The first-order valence-electron chi connectivity index (χ1n) is 13.7. The van der Waals surface area contributed by atoms with Crippen LogP contribution in [0.5, 0.6) is 5.75 Å². The number of hydrazone groups is 1. The van der Waals surface area contributed by atoms with Crippen molar-refractivity contribution in [2.75, 3.05) is 16.3 Å². The summed E-state index contributed by atoms with van der Waals surface area (Å²) in [6.45, 7) is 0. The monoisotopic (exact) mass is 798 g/mol. The van der Waals surface area contributed by atoms with Gasteiger partial charge < -0.3 is 14.2 Å². The molecule has 0 heterocycles. The Labute approximate surface area is 344 Å². The van der Waals surface area contributed by atoms with Crippen LogP contribution in [0.2, 0.25) is 0 Å². The minimum atomic E-state index is -5.59. The van der Waals surface area contributed by atoms with Crippen LogP contribution in [0.4, 0.5) is 28.4 Å². The SMILES string of the molecule is O=C1/C(=N/Nc2cc([N+](=O)[O-])ccc2O)C(S(=O)(=O)[O-])=Cc2cc(S(=O)(=O)[O-])cc(N/N=c3/ccc(=O)/c(=N\Nc4ccc([N+](=O)[O-])cc4)c3=O)c21.[Na+].[Na+]. The maximum Gasteiger partial charge on any atom is 1.00 e. The molecule has 0 unspecified atom stereocenters. The number of nitro groups is 2. The summed E-state index contributed by atoms with van der Waals surface area (Å²) in [5.74, 6) is -2.05. The first kappa shape index (κ1) is 43.4. The van der Waals surface area contributed by atoms with Crippen molar-refractivity contribution in [2.45, 2.75) is 4.90 Å². The summed E-state index contributed by atoms with van der Waals surface area (Å²) < 4.78 is 72.5. The third-order valence-corrected chi connectivity index (χ3v) is 8.55. The molecule has 4 N–H and O–H groups in total. The van der Waals surface area contributed by atoms with Crippen LogP contribution < -0.4 is 97.0 Å². The second-order valence-electron chi connectivity index (χ2n) is 10.2. The summed E-state index contributed by atoms with van der Waals surface area (Å²) in [5, 5.41) is 41.9. The van der Waals surface area contributed by atoms with Gasteiger partial charge >= 0.3 is 59.1 Å². The first-order valence-corrected chi connectivity index (χ1v) is 16.5. The van der Waals surface area contributed by atoms with Crippen molar-refractivity contribution in [3.8, 4) is 5.75 Å². The average Bonchev–Trinajstić information content (AvgIpc) is 3.06. The van der Waals surface area contributed by atoms with Crippen LogP contribution >= 0.6 is 0 Å². The first-order chi connectivity index (χ1) is 24.3. The van der Waals surface area contributed by atoms with Gasteiger partial charge in [0.1, 0.15) is 42.7 Å². The number of non-ortho nitro benzene ring substituents is 2. The zero-order chi connectivity index (χ0) is 38.1. The number of benzene rings is 4. The van der Waals surface area contributed by atoms with Crippen LogP contribution in [0.25, 0.3) is 6.08 Å². The fourth-order valence-corrected chi connectivity index (χ4v) is 5.63. The molecule has 0 aromatic heterocycles. The molecular formula is C28H16N8Na2O14S2. The summed E-state index contributed by atoms with van der Waals surface area (Å²) >= 11 is 0. The molecule has 0 atom stereocenters. The Bertz CT molecular complexity index is 2750.